The minimum absolute atomic E-state index is 0.0253. The third-order valence-corrected chi connectivity index (χ3v) is 6.26. The van der Waals surface area contributed by atoms with Gasteiger partial charge in [0.1, 0.15) is 11.3 Å². The van der Waals surface area contributed by atoms with Crippen molar-refractivity contribution in [1.29, 1.82) is 0 Å². The predicted molar refractivity (Wildman–Crippen MR) is 124 cm³/mol. The number of carboxylic acid groups (broad SMARTS) is 1. The van der Waals surface area contributed by atoms with E-state index in [-0.39, 0.29) is 17.4 Å². The standard InChI is InChI=1S/C24H20BrN3O5/c1-31-20-9-7-14(21(24(29)30)22(20)32-2)23-28-18(15-11-13(25)6-8-19(15)33-23)12-17(27-28)16-5-3-4-10-26-16/h3-11,18,23H,12H2,1-2H3,(H,29,30)/t18-,23+/m1/s1. The highest BCUT2D eigenvalue weighted by atomic mass is 79.9. The second kappa shape index (κ2) is 8.40. The molecule has 2 aliphatic rings. The van der Waals surface area contributed by atoms with Gasteiger partial charge in [-0.2, -0.15) is 5.10 Å². The topological polar surface area (TPSA) is 93.5 Å². The van der Waals surface area contributed by atoms with Gasteiger partial charge in [0, 0.05) is 28.2 Å². The first kappa shape index (κ1) is 21.3. The number of ether oxygens (including phenoxy) is 3. The third-order valence-electron chi connectivity index (χ3n) is 5.77. The van der Waals surface area contributed by atoms with E-state index in [2.05, 4.69) is 20.9 Å². The molecule has 0 unspecified atom stereocenters. The maximum atomic E-state index is 12.3. The summed E-state index contributed by atoms with van der Waals surface area (Å²) in [7, 11) is 2.88. The Balaban J connectivity index is 1.68. The number of pyridine rings is 1. The fraction of sp³-hybridized carbons (Fsp3) is 0.208. The van der Waals surface area contributed by atoms with Crippen molar-refractivity contribution < 1.29 is 24.1 Å². The smallest absolute Gasteiger partial charge is 0.340 e. The Morgan fingerprint density at radius 2 is 2.00 bits per heavy atom. The monoisotopic (exact) mass is 509 g/mol. The summed E-state index contributed by atoms with van der Waals surface area (Å²) >= 11 is 3.54. The van der Waals surface area contributed by atoms with Crippen LogP contribution in [0.25, 0.3) is 0 Å². The van der Waals surface area contributed by atoms with Crippen molar-refractivity contribution in [1.82, 2.24) is 9.99 Å². The number of methoxy groups -OCH3 is 2. The third kappa shape index (κ3) is 3.58. The van der Waals surface area contributed by atoms with Crippen LogP contribution in [-0.4, -0.2) is 41.0 Å². The van der Waals surface area contributed by atoms with Gasteiger partial charge in [0.05, 0.1) is 31.7 Å². The average molecular weight is 510 g/mol. The number of fused-ring (bicyclic) bond motifs is 3. The molecule has 2 aliphatic heterocycles. The molecular formula is C24H20BrN3O5. The van der Waals surface area contributed by atoms with Crippen molar-refractivity contribution in [3.63, 3.8) is 0 Å². The number of aromatic carboxylic acids is 1. The molecule has 168 valence electrons. The Morgan fingerprint density at radius 3 is 2.70 bits per heavy atom. The van der Waals surface area contributed by atoms with E-state index in [0.717, 1.165) is 21.4 Å². The second-order valence-corrected chi connectivity index (χ2v) is 8.50. The molecule has 33 heavy (non-hydrogen) atoms. The summed E-state index contributed by atoms with van der Waals surface area (Å²) in [4.78, 5) is 16.8. The Morgan fingerprint density at radius 1 is 1.15 bits per heavy atom. The predicted octanol–water partition coefficient (Wildman–Crippen LogP) is 4.80. The first-order valence-corrected chi connectivity index (χ1v) is 11.0. The number of hydrogen-bond acceptors (Lipinski definition) is 7. The van der Waals surface area contributed by atoms with Crippen LogP contribution in [0.4, 0.5) is 0 Å². The molecule has 1 N–H and O–H groups in total. The maximum Gasteiger partial charge on any atom is 0.340 e. The summed E-state index contributed by atoms with van der Waals surface area (Å²) in [5, 5.41) is 16.7. The van der Waals surface area contributed by atoms with E-state index in [1.165, 1.54) is 14.2 Å². The van der Waals surface area contributed by atoms with Crippen molar-refractivity contribution in [3.05, 3.63) is 81.6 Å². The molecule has 0 aliphatic carbocycles. The Kier molecular flexibility index (Phi) is 5.41. The van der Waals surface area contributed by atoms with E-state index >= 15 is 0 Å². The van der Waals surface area contributed by atoms with E-state index in [1.807, 2.05) is 41.4 Å². The number of aromatic nitrogens is 1. The first-order chi connectivity index (χ1) is 16.0. The van der Waals surface area contributed by atoms with Gasteiger partial charge in [-0.15, -0.1) is 0 Å². The lowest BCUT2D eigenvalue weighted by atomic mass is 9.96. The van der Waals surface area contributed by atoms with E-state index < -0.39 is 12.2 Å². The molecule has 0 saturated heterocycles. The van der Waals surface area contributed by atoms with Gasteiger partial charge in [-0.05, 0) is 42.5 Å². The number of rotatable bonds is 5. The van der Waals surface area contributed by atoms with Gasteiger partial charge in [-0.25, -0.2) is 9.80 Å². The van der Waals surface area contributed by atoms with Crippen LogP contribution in [0, 0.1) is 0 Å². The normalized spacial score (nSPS) is 18.6. The van der Waals surface area contributed by atoms with Gasteiger partial charge >= 0.3 is 5.97 Å². The molecule has 0 saturated carbocycles. The summed E-state index contributed by atoms with van der Waals surface area (Å²) in [5.41, 5.74) is 2.94. The largest absolute Gasteiger partial charge is 0.493 e. The van der Waals surface area contributed by atoms with Gasteiger partial charge in [0.25, 0.3) is 0 Å². The van der Waals surface area contributed by atoms with Gasteiger partial charge in [-0.1, -0.05) is 22.0 Å². The lowest BCUT2D eigenvalue weighted by Crippen LogP contribution is -2.34. The van der Waals surface area contributed by atoms with Crippen LogP contribution in [0.3, 0.4) is 0 Å². The van der Waals surface area contributed by atoms with E-state index in [4.69, 9.17) is 19.3 Å². The molecule has 2 aromatic carbocycles. The Labute approximate surface area is 198 Å². The quantitative estimate of drug-likeness (QED) is 0.527. The molecule has 2 atom stereocenters. The molecule has 0 bridgehead atoms. The number of carboxylic acids is 1. The zero-order chi connectivity index (χ0) is 23.1. The number of halogens is 1. The lowest BCUT2D eigenvalue weighted by Gasteiger charge is -2.38. The van der Waals surface area contributed by atoms with Crippen LogP contribution in [0.5, 0.6) is 17.2 Å². The summed E-state index contributed by atoms with van der Waals surface area (Å²) in [6.45, 7) is 0. The molecule has 5 rings (SSSR count). The minimum Gasteiger partial charge on any atom is -0.493 e. The highest BCUT2D eigenvalue weighted by Gasteiger charge is 2.43. The highest BCUT2D eigenvalue weighted by molar-refractivity contribution is 9.10. The van der Waals surface area contributed by atoms with Crippen LogP contribution >= 0.6 is 15.9 Å². The van der Waals surface area contributed by atoms with Crippen molar-refractivity contribution in [3.8, 4) is 17.2 Å². The van der Waals surface area contributed by atoms with E-state index in [0.29, 0.717) is 23.5 Å². The summed E-state index contributed by atoms with van der Waals surface area (Å²) in [5.74, 6) is -0.00418. The van der Waals surface area contributed by atoms with Crippen molar-refractivity contribution >= 4 is 27.6 Å². The molecule has 3 aromatic rings. The van der Waals surface area contributed by atoms with Crippen molar-refractivity contribution in [2.75, 3.05) is 14.2 Å². The Bertz CT molecular complexity index is 1260. The van der Waals surface area contributed by atoms with Crippen LogP contribution in [0.2, 0.25) is 0 Å². The number of carbonyl (C=O) groups is 1. The second-order valence-electron chi connectivity index (χ2n) is 7.58. The molecule has 9 heteroatoms. The molecule has 1 aromatic heterocycles. The van der Waals surface area contributed by atoms with Gasteiger partial charge < -0.3 is 19.3 Å². The number of hydrogen-bond donors (Lipinski definition) is 1. The van der Waals surface area contributed by atoms with Crippen LogP contribution < -0.4 is 14.2 Å². The minimum atomic E-state index is -1.14. The van der Waals surface area contributed by atoms with Crippen LogP contribution in [-0.2, 0) is 0 Å². The molecule has 0 fully saturated rings. The zero-order valence-corrected chi connectivity index (χ0v) is 19.4. The molecular weight excluding hydrogens is 490 g/mol. The van der Waals surface area contributed by atoms with E-state index in [9.17, 15) is 9.90 Å². The van der Waals surface area contributed by atoms with Crippen molar-refractivity contribution in [2.45, 2.75) is 18.7 Å². The van der Waals surface area contributed by atoms with Gasteiger partial charge in [-0.3, -0.25) is 4.98 Å². The first-order valence-electron chi connectivity index (χ1n) is 10.2. The Hall–Kier alpha value is -3.59. The summed E-state index contributed by atoms with van der Waals surface area (Å²) < 4.78 is 18.0. The number of hydrazone groups is 1. The molecule has 0 radical (unpaired) electrons. The SMILES string of the molecule is COc1ccc([C@@H]2Oc3ccc(Br)cc3[C@H]3CC(c4ccccn4)=NN32)c(C(=O)O)c1OC. The van der Waals surface area contributed by atoms with Crippen LogP contribution in [0.15, 0.2) is 64.3 Å². The fourth-order valence-corrected chi connectivity index (χ4v) is 4.70. The molecule has 3 heterocycles. The van der Waals surface area contributed by atoms with Gasteiger partial charge in [0.15, 0.2) is 11.5 Å². The molecule has 8 nitrogen and oxygen atoms in total. The summed E-state index contributed by atoms with van der Waals surface area (Å²) in [6, 6.07) is 14.7. The summed E-state index contributed by atoms with van der Waals surface area (Å²) in [6.07, 6.45) is 1.55. The highest BCUT2D eigenvalue weighted by Crippen LogP contribution is 2.50. The maximum absolute atomic E-state index is 12.3. The molecule has 0 amide bonds. The van der Waals surface area contributed by atoms with Gasteiger partial charge in [0.2, 0.25) is 6.23 Å². The fourth-order valence-electron chi connectivity index (χ4n) is 4.32. The number of benzene rings is 2. The van der Waals surface area contributed by atoms with E-state index in [1.54, 1.807) is 18.3 Å². The molecule has 0 spiro atoms. The number of nitrogens with zero attached hydrogens (tertiary/aromatic N) is 3. The lowest BCUT2D eigenvalue weighted by molar-refractivity contribution is -0.0199. The average Bonchev–Trinajstić information content (AvgIpc) is 3.29. The van der Waals surface area contributed by atoms with Crippen molar-refractivity contribution in [2.24, 2.45) is 5.10 Å². The van der Waals surface area contributed by atoms with Crippen LogP contribution in [0.1, 0.15) is 45.9 Å². The zero-order valence-electron chi connectivity index (χ0n) is 17.9.